The van der Waals surface area contributed by atoms with Crippen molar-refractivity contribution in [3.05, 3.63) is 78.4 Å². The average molecular weight is 398 g/mol. The van der Waals surface area contributed by atoms with Crippen molar-refractivity contribution in [2.75, 3.05) is 5.32 Å². The number of carbonyl (C=O) groups is 1. The van der Waals surface area contributed by atoms with Crippen LogP contribution in [0.2, 0.25) is 0 Å². The van der Waals surface area contributed by atoms with Crippen molar-refractivity contribution in [3.63, 3.8) is 0 Å². The van der Waals surface area contributed by atoms with Crippen LogP contribution >= 0.6 is 0 Å². The average Bonchev–Trinajstić information content (AvgIpc) is 3.12. The summed E-state index contributed by atoms with van der Waals surface area (Å²) in [4.78, 5) is 23.1. The summed E-state index contributed by atoms with van der Waals surface area (Å²) in [5, 5.41) is 2.64. The van der Waals surface area contributed by atoms with Gasteiger partial charge >= 0.3 is 6.18 Å². The molecule has 0 aliphatic rings. The van der Waals surface area contributed by atoms with Gasteiger partial charge in [-0.1, -0.05) is 6.07 Å². The van der Waals surface area contributed by atoms with Crippen molar-refractivity contribution < 1.29 is 22.7 Å². The van der Waals surface area contributed by atoms with Gasteiger partial charge in [0.2, 0.25) is 0 Å². The Hall–Kier alpha value is -3.88. The molecule has 4 rings (SSSR count). The Morgan fingerprint density at radius 3 is 2.62 bits per heavy atom. The number of alkyl halides is 3. The van der Waals surface area contributed by atoms with Gasteiger partial charge in [0, 0.05) is 18.0 Å². The van der Waals surface area contributed by atoms with Crippen molar-refractivity contribution in [1.29, 1.82) is 0 Å². The number of fused-ring (bicyclic) bond motifs is 1. The number of benzene rings is 2. The molecule has 2 aromatic carbocycles. The summed E-state index contributed by atoms with van der Waals surface area (Å²) < 4.78 is 44.1. The zero-order valence-electron chi connectivity index (χ0n) is 14.7. The van der Waals surface area contributed by atoms with Crippen molar-refractivity contribution in [1.82, 2.24) is 15.0 Å². The summed E-state index contributed by atoms with van der Waals surface area (Å²) >= 11 is 0. The second kappa shape index (κ2) is 7.27. The minimum absolute atomic E-state index is 0.0543. The smallest absolute Gasteiger partial charge is 0.416 e. The summed E-state index contributed by atoms with van der Waals surface area (Å²) in [5.74, 6) is 0.329. The molecule has 6 nitrogen and oxygen atoms in total. The molecular weight excluding hydrogens is 385 g/mol. The fourth-order valence-electron chi connectivity index (χ4n) is 2.66. The first-order valence-electron chi connectivity index (χ1n) is 8.45. The van der Waals surface area contributed by atoms with Crippen molar-refractivity contribution in [2.45, 2.75) is 6.18 Å². The van der Waals surface area contributed by atoms with Gasteiger partial charge in [0.1, 0.15) is 11.5 Å². The molecule has 9 heteroatoms. The minimum atomic E-state index is -4.48. The number of carbonyl (C=O) groups excluding carboxylic acids is 1. The lowest BCUT2D eigenvalue weighted by Crippen LogP contribution is -2.13. The van der Waals surface area contributed by atoms with E-state index in [1.54, 1.807) is 48.8 Å². The second-order valence-electron chi connectivity index (χ2n) is 6.09. The third-order valence-electron chi connectivity index (χ3n) is 3.99. The molecule has 29 heavy (non-hydrogen) atoms. The molecule has 2 aromatic heterocycles. The monoisotopic (exact) mass is 398 g/mol. The largest absolute Gasteiger partial charge is 0.456 e. The Bertz CT molecular complexity index is 1170. The number of hydrogen-bond acceptors (Lipinski definition) is 4. The predicted octanol–water partition coefficient (Wildman–Crippen LogP) is 5.02. The topological polar surface area (TPSA) is 79.9 Å². The summed E-state index contributed by atoms with van der Waals surface area (Å²) in [5.41, 5.74) is -0.00742. The number of nitrogens with one attached hydrogen (secondary N) is 2. The fraction of sp³-hybridized carbons (Fsp3) is 0.0500. The number of aromatic amines is 1. The molecule has 0 aliphatic carbocycles. The number of anilines is 1. The van der Waals surface area contributed by atoms with E-state index in [9.17, 15) is 18.0 Å². The normalized spacial score (nSPS) is 11.4. The van der Waals surface area contributed by atoms with E-state index in [0.717, 1.165) is 12.1 Å². The van der Waals surface area contributed by atoms with Crippen molar-refractivity contribution in [3.8, 4) is 11.5 Å². The third kappa shape index (κ3) is 4.18. The molecular formula is C20H13F3N4O2. The number of amides is 1. The summed E-state index contributed by atoms with van der Waals surface area (Å²) in [6.07, 6.45) is -1.31. The number of imidazole rings is 1. The first kappa shape index (κ1) is 18.5. The van der Waals surface area contributed by atoms with Gasteiger partial charge in [0.15, 0.2) is 5.82 Å². The first-order chi connectivity index (χ1) is 13.9. The molecule has 0 saturated carbocycles. The standard InChI is InChI=1S/C20H13F3N4O2/c21-20(22,23)12-6-7-16-17(9-12)27-18(26-16)19(28)25-13-3-1-4-14(10-13)29-15-5-2-8-24-11-15/h1-11H,(H,25,28)(H,26,27). The van der Waals surface area contributed by atoms with Gasteiger partial charge in [-0.15, -0.1) is 0 Å². The molecule has 0 aliphatic heterocycles. The Morgan fingerprint density at radius 1 is 1.03 bits per heavy atom. The summed E-state index contributed by atoms with van der Waals surface area (Å²) in [7, 11) is 0. The Labute approximate surface area is 162 Å². The van der Waals surface area contributed by atoms with Crippen LogP contribution in [0, 0.1) is 0 Å². The van der Waals surface area contributed by atoms with Gasteiger partial charge < -0.3 is 15.0 Å². The molecule has 2 heterocycles. The molecule has 0 radical (unpaired) electrons. The number of H-pyrrole nitrogens is 1. The van der Waals surface area contributed by atoms with Crippen LogP contribution in [0.15, 0.2) is 67.0 Å². The van der Waals surface area contributed by atoms with Crippen LogP contribution in [0.3, 0.4) is 0 Å². The zero-order chi connectivity index (χ0) is 20.4. The van der Waals surface area contributed by atoms with E-state index in [0.29, 0.717) is 22.7 Å². The van der Waals surface area contributed by atoms with Crippen LogP contribution in [0.5, 0.6) is 11.5 Å². The van der Waals surface area contributed by atoms with E-state index >= 15 is 0 Å². The molecule has 4 aromatic rings. The van der Waals surface area contributed by atoms with Crippen LogP contribution < -0.4 is 10.1 Å². The highest BCUT2D eigenvalue weighted by Gasteiger charge is 2.31. The van der Waals surface area contributed by atoms with Crippen molar-refractivity contribution >= 4 is 22.6 Å². The van der Waals surface area contributed by atoms with Gasteiger partial charge in [-0.3, -0.25) is 9.78 Å². The minimum Gasteiger partial charge on any atom is -0.456 e. The third-order valence-corrected chi connectivity index (χ3v) is 3.99. The first-order valence-corrected chi connectivity index (χ1v) is 8.45. The van der Waals surface area contributed by atoms with E-state index in [1.165, 1.54) is 6.07 Å². The van der Waals surface area contributed by atoms with Gasteiger partial charge in [0.25, 0.3) is 5.91 Å². The maximum atomic E-state index is 12.8. The molecule has 0 spiro atoms. The van der Waals surface area contributed by atoms with Gasteiger partial charge in [-0.2, -0.15) is 13.2 Å². The SMILES string of the molecule is O=C(Nc1cccc(Oc2cccnc2)c1)c1nc2cc(C(F)(F)F)ccc2[nH]1. The van der Waals surface area contributed by atoms with E-state index in [1.807, 2.05) is 0 Å². The number of pyridine rings is 1. The lowest BCUT2D eigenvalue weighted by atomic mass is 10.2. The second-order valence-corrected chi connectivity index (χ2v) is 6.09. The molecule has 0 fully saturated rings. The lowest BCUT2D eigenvalue weighted by molar-refractivity contribution is -0.137. The Kier molecular flexibility index (Phi) is 4.63. The van der Waals surface area contributed by atoms with E-state index in [-0.39, 0.29) is 11.3 Å². The molecule has 0 unspecified atom stereocenters. The lowest BCUT2D eigenvalue weighted by Gasteiger charge is -2.08. The highest BCUT2D eigenvalue weighted by molar-refractivity contribution is 6.03. The van der Waals surface area contributed by atoms with E-state index < -0.39 is 17.6 Å². The quantitative estimate of drug-likeness (QED) is 0.506. The molecule has 1 amide bonds. The number of rotatable bonds is 4. The van der Waals surface area contributed by atoms with Gasteiger partial charge in [0.05, 0.1) is 22.8 Å². The molecule has 2 N–H and O–H groups in total. The zero-order valence-corrected chi connectivity index (χ0v) is 14.7. The van der Waals surface area contributed by atoms with E-state index in [4.69, 9.17) is 4.74 Å². The molecule has 146 valence electrons. The number of nitrogens with zero attached hydrogens (tertiary/aromatic N) is 2. The fourth-order valence-corrected chi connectivity index (χ4v) is 2.66. The maximum absolute atomic E-state index is 12.8. The Morgan fingerprint density at radius 2 is 1.86 bits per heavy atom. The maximum Gasteiger partial charge on any atom is 0.416 e. The molecule has 0 atom stereocenters. The number of ether oxygens (including phenoxy) is 1. The number of halogens is 3. The van der Waals surface area contributed by atoms with Gasteiger partial charge in [-0.25, -0.2) is 4.98 Å². The van der Waals surface area contributed by atoms with Crippen molar-refractivity contribution in [2.24, 2.45) is 0 Å². The summed E-state index contributed by atoms with van der Waals surface area (Å²) in [6, 6.07) is 13.2. The van der Waals surface area contributed by atoms with Crippen LogP contribution in [0.25, 0.3) is 11.0 Å². The molecule has 0 saturated heterocycles. The number of aromatic nitrogens is 3. The predicted molar refractivity (Wildman–Crippen MR) is 99.8 cm³/mol. The summed E-state index contributed by atoms with van der Waals surface area (Å²) in [6.45, 7) is 0. The number of hydrogen-bond donors (Lipinski definition) is 2. The van der Waals surface area contributed by atoms with Crippen LogP contribution in [-0.4, -0.2) is 20.9 Å². The Balaban J connectivity index is 1.52. The highest BCUT2D eigenvalue weighted by Crippen LogP contribution is 2.31. The van der Waals surface area contributed by atoms with Gasteiger partial charge in [-0.05, 0) is 42.5 Å². The molecule has 0 bridgehead atoms. The highest BCUT2D eigenvalue weighted by atomic mass is 19.4. The van der Waals surface area contributed by atoms with Crippen LogP contribution in [-0.2, 0) is 6.18 Å². The van der Waals surface area contributed by atoms with Crippen LogP contribution in [0.4, 0.5) is 18.9 Å². The van der Waals surface area contributed by atoms with Crippen LogP contribution in [0.1, 0.15) is 16.2 Å². The van der Waals surface area contributed by atoms with E-state index in [2.05, 4.69) is 20.3 Å².